The van der Waals surface area contributed by atoms with Gasteiger partial charge in [-0.15, -0.1) is 0 Å². The Hall–Kier alpha value is -2.54. The van der Waals surface area contributed by atoms with Crippen LogP contribution in [-0.4, -0.2) is 22.0 Å². The van der Waals surface area contributed by atoms with Crippen LogP contribution in [0.2, 0.25) is 0 Å². The van der Waals surface area contributed by atoms with E-state index in [-0.39, 0.29) is 17.4 Å². The maximum atomic E-state index is 13.7. The normalized spacial score (nSPS) is 11.6. The van der Waals surface area contributed by atoms with E-state index in [0.29, 0.717) is 5.11 Å². The van der Waals surface area contributed by atoms with E-state index < -0.39 is 10.7 Å². The first-order chi connectivity index (χ1) is 10.9. The van der Waals surface area contributed by atoms with Gasteiger partial charge in [0.1, 0.15) is 5.82 Å². The van der Waals surface area contributed by atoms with Crippen LogP contribution in [-0.2, 0) is 0 Å². The molecule has 0 saturated carbocycles. The first-order valence-corrected chi connectivity index (χ1v) is 7.33. The van der Waals surface area contributed by atoms with E-state index >= 15 is 0 Å². The van der Waals surface area contributed by atoms with Gasteiger partial charge in [0.2, 0.25) is 0 Å². The summed E-state index contributed by atoms with van der Waals surface area (Å²) in [5, 5.41) is 14.0. The summed E-state index contributed by atoms with van der Waals surface area (Å²) >= 11 is 5.29. The van der Waals surface area contributed by atoms with Gasteiger partial charge in [0.15, 0.2) is 5.11 Å². The van der Waals surface area contributed by atoms with E-state index in [9.17, 15) is 14.5 Å². The molecule has 5 nitrogen and oxygen atoms in total. The average molecular weight is 333 g/mol. The van der Waals surface area contributed by atoms with Gasteiger partial charge >= 0.3 is 0 Å². The quantitative estimate of drug-likeness (QED) is 0.518. The summed E-state index contributed by atoms with van der Waals surface area (Å²) in [7, 11) is 1.75. The highest BCUT2D eigenvalue weighted by molar-refractivity contribution is 7.80. The van der Waals surface area contributed by atoms with E-state index in [1.54, 1.807) is 42.3 Å². The van der Waals surface area contributed by atoms with Crippen LogP contribution in [0.25, 0.3) is 0 Å². The monoisotopic (exact) mass is 333 g/mol. The predicted octanol–water partition coefficient (Wildman–Crippen LogP) is 4.12. The molecule has 0 spiro atoms. The number of benzene rings is 2. The minimum Gasteiger partial charge on any atom is -0.345 e. The van der Waals surface area contributed by atoms with Crippen LogP contribution < -0.4 is 5.32 Å². The van der Waals surface area contributed by atoms with Crippen LogP contribution in [0, 0.1) is 15.9 Å². The summed E-state index contributed by atoms with van der Waals surface area (Å²) in [6, 6.07) is 12.4. The fourth-order valence-corrected chi connectivity index (χ4v) is 2.33. The van der Waals surface area contributed by atoms with E-state index in [1.165, 1.54) is 18.2 Å². The molecule has 1 N–H and O–H groups in total. The number of non-ortho nitro benzene ring substituents is 1. The summed E-state index contributed by atoms with van der Waals surface area (Å²) in [5.74, 6) is -0.397. The molecule has 0 aliphatic carbocycles. The molecular formula is C16H16FN3O2S. The number of hydrogen-bond donors (Lipinski definition) is 1. The van der Waals surface area contributed by atoms with Crippen molar-refractivity contribution in [3.8, 4) is 0 Å². The Labute approximate surface area is 138 Å². The van der Waals surface area contributed by atoms with Gasteiger partial charge in [-0.1, -0.05) is 24.3 Å². The topological polar surface area (TPSA) is 58.4 Å². The van der Waals surface area contributed by atoms with Crippen LogP contribution in [0.3, 0.4) is 0 Å². The molecule has 2 rings (SSSR count). The lowest BCUT2D eigenvalue weighted by molar-refractivity contribution is -0.384. The summed E-state index contributed by atoms with van der Waals surface area (Å²) in [6.07, 6.45) is 0. The molecule has 2 aromatic rings. The summed E-state index contributed by atoms with van der Waals surface area (Å²) in [5.41, 5.74) is 1.06. The van der Waals surface area contributed by atoms with Crippen LogP contribution in [0.4, 0.5) is 15.8 Å². The molecule has 0 saturated heterocycles. The summed E-state index contributed by atoms with van der Waals surface area (Å²) in [4.78, 5) is 12.2. The van der Waals surface area contributed by atoms with Crippen LogP contribution in [0.15, 0.2) is 48.5 Å². The van der Waals surface area contributed by atoms with Crippen molar-refractivity contribution in [2.75, 3.05) is 12.4 Å². The summed E-state index contributed by atoms with van der Waals surface area (Å²) in [6.45, 7) is 1.87. The number of anilines is 1. The van der Waals surface area contributed by atoms with Crippen molar-refractivity contribution >= 4 is 28.7 Å². The van der Waals surface area contributed by atoms with Gasteiger partial charge in [-0.2, -0.15) is 0 Å². The van der Waals surface area contributed by atoms with Gasteiger partial charge in [0, 0.05) is 19.2 Å². The SMILES string of the molecule is C[C@H](c1cccc([N+](=O)[O-])c1)N(C)C(=S)Nc1ccccc1F. The molecule has 120 valence electrons. The minimum atomic E-state index is -0.438. The number of rotatable bonds is 4. The number of thiocarbonyl (C=S) groups is 1. The molecule has 0 unspecified atom stereocenters. The number of nitrogens with zero attached hydrogens (tertiary/aromatic N) is 2. The Morgan fingerprint density at radius 3 is 2.65 bits per heavy atom. The Morgan fingerprint density at radius 1 is 1.30 bits per heavy atom. The van der Waals surface area contributed by atoms with Crippen molar-refractivity contribution in [2.45, 2.75) is 13.0 Å². The second-order valence-corrected chi connectivity index (χ2v) is 5.44. The van der Waals surface area contributed by atoms with Gasteiger partial charge < -0.3 is 10.2 Å². The van der Waals surface area contributed by atoms with Gasteiger partial charge in [-0.05, 0) is 36.8 Å². The number of nitro benzene ring substituents is 1. The minimum absolute atomic E-state index is 0.0238. The van der Waals surface area contributed by atoms with Gasteiger partial charge in [-0.25, -0.2) is 4.39 Å². The third kappa shape index (κ3) is 4.01. The van der Waals surface area contributed by atoms with Crippen molar-refractivity contribution in [1.29, 1.82) is 0 Å². The first-order valence-electron chi connectivity index (χ1n) is 6.93. The maximum absolute atomic E-state index is 13.7. The van der Waals surface area contributed by atoms with Crippen molar-refractivity contribution in [3.05, 3.63) is 70.0 Å². The highest BCUT2D eigenvalue weighted by Crippen LogP contribution is 2.24. The third-order valence-corrected chi connectivity index (χ3v) is 3.97. The smallest absolute Gasteiger partial charge is 0.269 e. The molecule has 23 heavy (non-hydrogen) atoms. The molecule has 0 aromatic heterocycles. The molecule has 0 bridgehead atoms. The zero-order valence-electron chi connectivity index (χ0n) is 12.7. The van der Waals surface area contributed by atoms with Gasteiger partial charge in [0.25, 0.3) is 5.69 Å². The number of hydrogen-bond acceptors (Lipinski definition) is 3. The number of nitro groups is 1. The second kappa shape index (κ2) is 7.15. The lowest BCUT2D eigenvalue weighted by Crippen LogP contribution is -2.33. The highest BCUT2D eigenvalue weighted by atomic mass is 32.1. The number of para-hydroxylation sites is 1. The van der Waals surface area contributed by atoms with Gasteiger partial charge in [-0.3, -0.25) is 10.1 Å². The van der Waals surface area contributed by atoms with Crippen molar-refractivity contribution in [2.24, 2.45) is 0 Å². The molecule has 2 aromatic carbocycles. The maximum Gasteiger partial charge on any atom is 0.269 e. The lowest BCUT2D eigenvalue weighted by Gasteiger charge is -2.28. The Balaban J connectivity index is 2.14. The fraction of sp³-hybridized carbons (Fsp3) is 0.188. The number of nitrogens with one attached hydrogen (secondary N) is 1. The second-order valence-electron chi connectivity index (χ2n) is 5.05. The molecule has 0 fully saturated rings. The lowest BCUT2D eigenvalue weighted by atomic mass is 10.1. The van der Waals surface area contributed by atoms with Crippen molar-refractivity contribution in [1.82, 2.24) is 4.90 Å². The Bertz CT molecular complexity index is 739. The highest BCUT2D eigenvalue weighted by Gasteiger charge is 2.17. The zero-order chi connectivity index (χ0) is 17.0. The molecule has 7 heteroatoms. The third-order valence-electron chi connectivity index (χ3n) is 3.58. The van der Waals surface area contributed by atoms with E-state index in [4.69, 9.17) is 12.2 Å². The molecule has 1 atom stereocenters. The van der Waals surface area contributed by atoms with Crippen molar-refractivity contribution in [3.63, 3.8) is 0 Å². The van der Waals surface area contributed by atoms with Crippen LogP contribution in [0.5, 0.6) is 0 Å². The van der Waals surface area contributed by atoms with Crippen molar-refractivity contribution < 1.29 is 9.31 Å². The first kappa shape index (κ1) is 16.8. The standard InChI is InChI=1S/C16H16FN3O2S/c1-11(12-6-5-7-13(10-12)20(21)22)19(2)16(23)18-15-9-4-3-8-14(15)17/h3-11H,1-2H3,(H,18,23)/t11-/m1/s1. The molecule has 0 aliphatic heterocycles. The predicted molar refractivity (Wildman–Crippen MR) is 91.9 cm³/mol. The molecular weight excluding hydrogens is 317 g/mol. The van der Waals surface area contributed by atoms with E-state index in [0.717, 1.165) is 5.56 Å². The molecule has 0 amide bonds. The number of halogens is 1. The fourth-order valence-electron chi connectivity index (χ4n) is 2.06. The molecule has 0 radical (unpaired) electrons. The van der Waals surface area contributed by atoms with Gasteiger partial charge in [0.05, 0.1) is 16.7 Å². The summed E-state index contributed by atoms with van der Waals surface area (Å²) < 4.78 is 13.7. The molecule has 0 aliphatic rings. The van der Waals surface area contributed by atoms with Crippen LogP contribution >= 0.6 is 12.2 Å². The van der Waals surface area contributed by atoms with Crippen LogP contribution in [0.1, 0.15) is 18.5 Å². The van der Waals surface area contributed by atoms with E-state index in [1.807, 2.05) is 6.92 Å². The Morgan fingerprint density at radius 2 is 2.00 bits per heavy atom. The Kier molecular flexibility index (Phi) is 5.23. The van der Waals surface area contributed by atoms with E-state index in [2.05, 4.69) is 5.32 Å². The largest absolute Gasteiger partial charge is 0.345 e. The molecule has 0 heterocycles. The average Bonchev–Trinajstić information content (AvgIpc) is 2.55. The zero-order valence-corrected chi connectivity index (χ0v) is 13.5.